The second kappa shape index (κ2) is 10.2. The van der Waals surface area contributed by atoms with Crippen LogP contribution in [0, 0.1) is 10.1 Å². The molecular formula is C21H22ClF3N4O3. The van der Waals surface area contributed by atoms with Gasteiger partial charge in [0, 0.05) is 49.5 Å². The zero-order chi connectivity index (χ0) is 23.3. The highest BCUT2D eigenvalue weighted by atomic mass is 35.5. The summed E-state index contributed by atoms with van der Waals surface area (Å²) >= 11 is 5.85. The minimum Gasteiger partial charge on any atom is -0.369 e. The molecule has 1 amide bonds. The maximum absolute atomic E-state index is 12.9. The van der Waals surface area contributed by atoms with Crippen LogP contribution >= 0.6 is 11.6 Å². The van der Waals surface area contributed by atoms with Crippen molar-refractivity contribution in [2.75, 3.05) is 44.2 Å². The Bertz CT molecular complexity index is 979. The Labute approximate surface area is 187 Å². The van der Waals surface area contributed by atoms with E-state index in [1.165, 1.54) is 30.3 Å². The smallest absolute Gasteiger partial charge is 0.369 e. The number of nitrogens with zero attached hydrogens (tertiary/aromatic N) is 3. The van der Waals surface area contributed by atoms with Crippen molar-refractivity contribution < 1.29 is 22.9 Å². The number of carbonyl (C=O) groups is 1. The SMILES string of the molecule is O=C(NCCCN1CCN(c2cccc(C(F)(F)F)c2)CC1)c1cc(Cl)ccc1[N+](=O)[O-]. The van der Waals surface area contributed by atoms with Crippen molar-refractivity contribution in [3.05, 3.63) is 68.7 Å². The summed E-state index contributed by atoms with van der Waals surface area (Å²) < 4.78 is 38.8. The molecule has 0 atom stereocenters. The molecular weight excluding hydrogens is 449 g/mol. The molecule has 1 aliphatic rings. The van der Waals surface area contributed by atoms with E-state index in [0.717, 1.165) is 6.07 Å². The molecule has 3 rings (SSSR count). The second-order valence-electron chi connectivity index (χ2n) is 7.40. The highest BCUT2D eigenvalue weighted by molar-refractivity contribution is 6.31. The summed E-state index contributed by atoms with van der Waals surface area (Å²) in [7, 11) is 0. The summed E-state index contributed by atoms with van der Waals surface area (Å²) in [6, 6.07) is 9.14. The summed E-state index contributed by atoms with van der Waals surface area (Å²) in [5.74, 6) is -0.562. The molecule has 0 radical (unpaired) electrons. The van der Waals surface area contributed by atoms with E-state index in [1.807, 2.05) is 4.90 Å². The fraction of sp³-hybridized carbons (Fsp3) is 0.381. The lowest BCUT2D eigenvalue weighted by atomic mass is 10.1. The van der Waals surface area contributed by atoms with E-state index in [0.29, 0.717) is 51.4 Å². The van der Waals surface area contributed by atoms with Crippen LogP contribution in [0.3, 0.4) is 0 Å². The predicted molar refractivity (Wildman–Crippen MR) is 115 cm³/mol. The Morgan fingerprint density at radius 1 is 1.12 bits per heavy atom. The van der Waals surface area contributed by atoms with Gasteiger partial charge in [-0.2, -0.15) is 13.2 Å². The van der Waals surface area contributed by atoms with Crippen molar-refractivity contribution in [2.24, 2.45) is 0 Å². The van der Waals surface area contributed by atoms with Gasteiger partial charge in [0.1, 0.15) is 5.56 Å². The van der Waals surface area contributed by atoms with Gasteiger partial charge in [-0.05, 0) is 43.3 Å². The monoisotopic (exact) mass is 470 g/mol. The van der Waals surface area contributed by atoms with E-state index >= 15 is 0 Å². The number of rotatable bonds is 7. The number of nitrogens with one attached hydrogen (secondary N) is 1. The van der Waals surface area contributed by atoms with E-state index in [1.54, 1.807) is 6.07 Å². The van der Waals surface area contributed by atoms with Crippen molar-refractivity contribution in [3.63, 3.8) is 0 Å². The highest BCUT2D eigenvalue weighted by Crippen LogP contribution is 2.32. The van der Waals surface area contributed by atoms with Gasteiger partial charge in [-0.15, -0.1) is 0 Å². The highest BCUT2D eigenvalue weighted by Gasteiger charge is 2.31. The third kappa shape index (κ3) is 6.10. The van der Waals surface area contributed by atoms with Crippen LogP contribution in [0.15, 0.2) is 42.5 Å². The third-order valence-electron chi connectivity index (χ3n) is 5.25. The first-order valence-electron chi connectivity index (χ1n) is 10.0. The molecule has 1 N–H and O–H groups in total. The fourth-order valence-electron chi connectivity index (χ4n) is 3.56. The van der Waals surface area contributed by atoms with E-state index < -0.39 is 22.6 Å². The van der Waals surface area contributed by atoms with Crippen molar-refractivity contribution in [2.45, 2.75) is 12.6 Å². The number of hydrogen-bond acceptors (Lipinski definition) is 5. The molecule has 172 valence electrons. The number of anilines is 1. The fourth-order valence-corrected chi connectivity index (χ4v) is 3.73. The Morgan fingerprint density at radius 2 is 1.84 bits per heavy atom. The molecule has 2 aromatic carbocycles. The van der Waals surface area contributed by atoms with Gasteiger partial charge in [-0.1, -0.05) is 17.7 Å². The number of piperazine rings is 1. The molecule has 0 unspecified atom stereocenters. The lowest BCUT2D eigenvalue weighted by Gasteiger charge is -2.36. The molecule has 1 aliphatic heterocycles. The quantitative estimate of drug-likeness (QED) is 0.372. The summed E-state index contributed by atoms with van der Waals surface area (Å²) in [6.45, 7) is 3.59. The first-order valence-corrected chi connectivity index (χ1v) is 10.4. The summed E-state index contributed by atoms with van der Waals surface area (Å²) in [5.41, 5.74) is -0.502. The number of alkyl halides is 3. The van der Waals surface area contributed by atoms with E-state index in [4.69, 9.17) is 11.6 Å². The van der Waals surface area contributed by atoms with Gasteiger partial charge in [0.05, 0.1) is 10.5 Å². The first-order chi connectivity index (χ1) is 15.1. The number of hydrogen-bond donors (Lipinski definition) is 1. The predicted octanol–water partition coefficient (Wildman–Crippen LogP) is 4.21. The van der Waals surface area contributed by atoms with Gasteiger partial charge < -0.3 is 10.2 Å². The third-order valence-corrected chi connectivity index (χ3v) is 5.48. The number of nitro groups is 1. The van der Waals surface area contributed by atoms with Crippen LogP contribution in [0.4, 0.5) is 24.5 Å². The average molecular weight is 471 g/mol. The van der Waals surface area contributed by atoms with Crippen LogP contribution in [0.25, 0.3) is 0 Å². The molecule has 1 fully saturated rings. The minimum atomic E-state index is -4.37. The molecule has 2 aromatic rings. The van der Waals surface area contributed by atoms with E-state index in [2.05, 4.69) is 10.2 Å². The largest absolute Gasteiger partial charge is 0.416 e. The van der Waals surface area contributed by atoms with Gasteiger partial charge in [0.25, 0.3) is 11.6 Å². The average Bonchev–Trinajstić information content (AvgIpc) is 2.76. The molecule has 0 aromatic heterocycles. The van der Waals surface area contributed by atoms with E-state index in [-0.39, 0.29) is 16.3 Å². The maximum Gasteiger partial charge on any atom is 0.416 e. The number of benzene rings is 2. The van der Waals surface area contributed by atoms with Gasteiger partial charge in [0.2, 0.25) is 0 Å². The summed E-state index contributed by atoms with van der Waals surface area (Å²) in [5, 5.41) is 14.0. The van der Waals surface area contributed by atoms with E-state index in [9.17, 15) is 28.1 Å². The van der Waals surface area contributed by atoms with Gasteiger partial charge in [-0.3, -0.25) is 19.8 Å². The zero-order valence-corrected chi connectivity index (χ0v) is 17.8. The topological polar surface area (TPSA) is 78.7 Å². The molecule has 7 nitrogen and oxygen atoms in total. The van der Waals surface area contributed by atoms with Crippen molar-refractivity contribution in [3.8, 4) is 0 Å². The first kappa shape index (κ1) is 23.8. The molecule has 0 spiro atoms. The Balaban J connectivity index is 1.44. The number of carbonyl (C=O) groups excluding carboxylic acids is 1. The van der Waals surface area contributed by atoms with Crippen LogP contribution in [0.1, 0.15) is 22.3 Å². The van der Waals surface area contributed by atoms with Crippen LogP contribution in [0.5, 0.6) is 0 Å². The standard InChI is InChI=1S/C21H22ClF3N4O3/c22-16-5-6-19(29(31)32)18(14-16)20(30)26-7-2-8-27-9-11-28(12-10-27)17-4-1-3-15(13-17)21(23,24)25/h1,3-6,13-14H,2,7-12H2,(H,26,30). The molecule has 11 heteroatoms. The molecule has 1 heterocycles. The molecule has 1 saturated heterocycles. The lowest BCUT2D eigenvalue weighted by molar-refractivity contribution is -0.385. The van der Waals surface area contributed by atoms with Crippen LogP contribution < -0.4 is 10.2 Å². The minimum absolute atomic E-state index is 0.0859. The lowest BCUT2D eigenvalue weighted by Crippen LogP contribution is -2.47. The molecule has 0 saturated carbocycles. The van der Waals surface area contributed by atoms with Crippen molar-refractivity contribution >= 4 is 28.9 Å². The van der Waals surface area contributed by atoms with Crippen molar-refractivity contribution in [1.29, 1.82) is 0 Å². The molecule has 0 aliphatic carbocycles. The number of nitro benzene ring substituents is 1. The maximum atomic E-state index is 12.9. The second-order valence-corrected chi connectivity index (χ2v) is 7.84. The van der Waals surface area contributed by atoms with Crippen molar-refractivity contribution in [1.82, 2.24) is 10.2 Å². The Morgan fingerprint density at radius 3 is 2.50 bits per heavy atom. The van der Waals surface area contributed by atoms with Crippen LogP contribution in [-0.4, -0.2) is 55.0 Å². The zero-order valence-electron chi connectivity index (χ0n) is 17.1. The molecule has 32 heavy (non-hydrogen) atoms. The van der Waals surface area contributed by atoms with Gasteiger partial charge in [0.15, 0.2) is 0 Å². The summed E-state index contributed by atoms with van der Waals surface area (Å²) in [6.07, 6.45) is -3.74. The Hall–Kier alpha value is -2.85. The van der Waals surface area contributed by atoms with Crippen LogP contribution in [0.2, 0.25) is 5.02 Å². The van der Waals surface area contributed by atoms with Gasteiger partial charge in [-0.25, -0.2) is 0 Å². The van der Waals surface area contributed by atoms with Gasteiger partial charge >= 0.3 is 6.18 Å². The molecule has 0 bridgehead atoms. The number of halogens is 4. The number of amides is 1. The Kier molecular flexibility index (Phi) is 7.57. The van der Waals surface area contributed by atoms with Crippen LogP contribution in [-0.2, 0) is 6.18 Å². The summed E-state index contributed by atoms with van der Waals surface area (Å²) in [4.78, 5) is 26.8. The normalized spacial score (nSPS) is 14.9.